The van der Waals surface area contributed by atoms with Crippen molar-refractivity contribution >= 4 is 23.2 Å². The third-order valence-corrected chi connectivity index (χ3v) is 3.29. The first-order chi connectivity index (χ1) is 9.06. The normalized spacial score (nSPS) is 10.6. The third-order valence-electron chi connectivity index (χ3n) is 2.59. The van der Waals surface area contributed by atoms with Gasteiger partial charge in [-0.15, -0.1) is 0 Å². The monoisotopic (exact) mass is 298 g/mol. The van der Waals surface area contributed by atoms with Gasteiger partial charge in [0.15, 0.2) is 0 Å². The Balaban J connectivity index is 1.96. The molecule has 0 amide bonds. The van der Waals surface area contributed by atoms with Crippen molar-refractivity contribution in [3.63, 3.8) is 0 Å². The van der Waals surface area contributed by atoms with E-state index in [0.29, 0.717) is 23.3 Å². The van der Waals surface area contributed by atoms with Gasteiger partial charge in [0.1, 0.15) is 11.5 Å². The highest BCUT2D eigenvalue weighted by molar-refractivity contribution is 6.31. The lowest BCUT2D eigenvalue weighted by molar-refractivity contribution is 0.107. The summed E-state index contributed by atoms with van der Waals surface area (Å²) in [5, 5.41) is 19.4. The Morgan fingerprint density at radius 3 is 1.58 bits per heavy atom. The van der Waals surface area contributed by atoms with Gasteiger partial charge in [0.25, 0.3) is 0 Å². The zero-order valence-electron chi connectivity index (χ0n) is 9.94. The van der Waals surface area contributed by atoms with E-state index in [2.05, 4.69) is 0 Å². The molecule has 2 aromatic rings. The number of benzene rings is 2. The average Bonchev–Trinajstić information content (AvgIpc) is 2.34. The van der Waals surface area contributed by atoms with Crippen LogP contribution in [0.5, 0.6) is 11.5 Å². The number of hydrogen-bond donors (Lipinski definition) is 2. The molecule has 2 aromatic carbocycles. The SMILES string of the molecule is Oc1ccc(COCc2ccc(O)cc2Cl)c(Cl)c1. The molecule has 0 unspecified atom stereocenters. The zero-order valence-corrected chi connectivity index (χ0v) is 11.4. The molecule has 2 rings (SSSR count). The molecule has 0 radical (unpaired) electrons. The molecular weight excluding hydrogens is 287 g/mol. The second-order valence-corrected chi connectivity index (χ2v) is 4.86. The number of aromatic hydroxyl groups is 2. The van der Waals surface area contributed by atoms with Crippen molar-refractivity contribution in [2.75, 3.05) is 0 Å². The molecule has 0 aliphatic carbocycles. The molecule has 0 bridgehead atoms. The van der Waals surface area contributed by atoms with E-state index < -0.39 is 0 Å². The predicted molar refractivity (Wildman–Crippen MR) is 74.7 cm³/mol. The van der Waals surface area contributed by atoms with Crippen molar-refractivity contribution in [1.82, 2.24) is 0 Å². The highest BCUT2D eigenvalue weighted by atomic mass is 35.5. The first-order valence-electron chi connectivity index (χ1n) is 5.59. The summed E-state index contributed by atoms with van der Waals surface area (Å²) in [7, 11) is 0. The van der Waals surface area contributed by atoms with Gasteiger partial charge in [0.05, 0.1) is 13.2 Å². The van der Waals surface area contributed by atoms with Gasteiger partial charge in [-0.3, -0.25) is 0 Å². The molecule has 0 spiro atoms. The van der Waals surface area contributed by atoms with Crippen LogP contribution >= 0.6 is 23.2 Å². The van der Waals surface area contributed by atoms with E-state index in [1.54, 1.807) is 24.3 Å². The molecule has 0 aromatic heterocycles. The van der Waals surface area contributed by atoms with E-state index in [-0.39, 0.29) is 11.5 Å². The van der Waals surface area contributed by atoms with Crippen molar-refractivity contribution < 1.29 is 14.9 Å². The van der Waals surface area contributed by atoms with Crippen LogP contribution in [0.2, 0.25) is 10.0 Å². The maximum absolute atomic E-state index is 9.24. The first-order valence-corrected chi connectivity index (χ1v) is 6.34. The molecular formula is C14H12Cl2O3. The maximum atomic E-state index is 9.24. The fourth-order valence-electron chi connectivity index (χ4n) is 1.58. The van der Waals surface area contributed by atoms with Crippen LogP contribution in [0.15, 0.2) is 36.4 Å². The van der Waals surface area contributed by atoms with Crippen molar-refractivity contribution in [2.24, 2.45) is 0 Å². The largest absolute Gasteiger partial charge is 0.508 e. The van der Waals surface area contributed by atoms with Crippen LogP contribution in [0.3, 0.4) is 0 Å². The lowest BCUT2D eigenvalue weighted by atomic mass is 10.2. The van der Waals surface area contributed by atoms with Gasteiger partial charge in [-0.05, 0) is 35.4 Å². The summed E-state index contributed by atoms with van der Waals surface area (Å²) < 4.78 is 5.51. The second kappa shape index (κ2) is 6.15. The fraction of sp³-hybridized carbons (Fsp3) is 0.143. The minimum Gasteiger partial charge on any atom is -0.508 e. The molecule has 0 saturated heterocycles. The van der Waals surface area contributed by atoms with Crippen LogP contribution in [0.25, 0.3) is 0 Å². The van der Waals surface area contributed by atoms with Gasteiger partial charge in [-0.1, -0.05) is 35.3 Å². The number of halogens is 2. The smallest absolute Gasteiger partial charge is 0.117 e. The Hall–Kier alpha value is -1.42. The van der Waals surface area contributed by atoms with Gasteiger partial charge in [0, 0.05) is 10.0 Å². The summed E-state index contributed by atoms with van der Waals surface area (Å²) in [4.78, 5) is 0. The van der Waals surface area contributed by atoms with Crippen molar-refractivity contribution in [3.05, 3.63) is 57.6 Å². The molecule has 3 nitrogen and oxygen atoms in total. The summed E-state index contributed by atoms with van der Waals surface area (Å²) in [6.45, 7) is 0.632. The van der Waals surface area contributed by atoms with Crippen LogP contribution in [-0.4, -0.2) is 10.2 Å². The van der Waals surface area contributed by atoms with Crippen LogP contribution < -0.4 is 0 Å². The summed E-state index contributed by atoms with van der Waals surface area (Å²) in [6.07, 6.45) is 0. The van der Waals surface area contributed by atoms with Crippen molar-refractivity contribution in [3.8, 4) is 11.5 Å². The standard InChI is InChI=1S/C14H12Cl2O3/c15-13-5-11(17)3-1-9(13)7-19-8-10-2-4-12(18)6-14(10)16/h1-6,17-18H,7-8H2. The van der Waals surface area contributed by atoms with Gasteiger partial charge in [0.2, 0.25) is 0 Å². The van der Waals surface area contributed by atoms with Crippen LogP contribution in [-0.2, 0) is 18.0 Å². The van der Waals surface area contributed by atoms with Crippen LogP contribution in [0.4, 0.5) is 0 Å². The fourth-order valence-corrected chi connectivity index (χ4v) is 2.04. The minimum atomic E-state index is 0.121. The molecule has 100 valence electrons. The van der Waals surface area contributed by atoms with Gasteiger partial charge < -0.3 is 14.9 Å². The molecule has 5 heteroatoms. The van der Waals surface area contributed by atoms with E-state index in [1.165, 1.54) is 12.1 Å². The molecule has 0 heterocycles. The minimum absolute atomic E-state index is 0.121. The number of hydrogen-bond acceptors (Lipinski definition) is 3. The lowest BCUT2D eigenvalue weighted by Gasteiger charge is -2.08. The number of phenolic OH excluding ortho intramolecular Hbond substituents is 2. The van der Waals surface area contributed by atoms with Crippen molar-refractivity contribution in [1.29, 1.82) is 0 Å². The van der Waals surface area contributed by atoms with E-state index >= 15 is 0 Å². The lowest BCUT2D eigenvalue weighted by Crippen LogP contribution is -1.95. The number of ether oxygens (including phenoxy) is 1. The Bertz CT molecular complexity index is 533. The topological polar surface area (TPSA) is 49.7 Å². The molecule has 0 atom stereocenters. The van der Waals surface area contributed by atoms with Crippen LogP contribution in [0.1, 0.15) is 11.1 Å². The average molecular weight is 299 g/mol. The Kier molecular flexibility index (Phi) is 4.53. The third kappa shape index (κ3) is 3.77. The number of phenols is 2. The summed E-state index contributed by atoms with van der Waals surface area (Å²) in [6, 6.07) is 9.45. The first kappa shape index (κ1) is 14.0. The van der Waals surface area contributed by atoms with Crippen LogP contribution in [0, 0.1) is 0 Å². The second-order valence-electron chi connectivity index (χ2n) is 4.04. The zero-order chi connectivity index (χ0) is 13.8. The Morgan fingerprint density at radius 2 is 1.21 bits per heavy atom. The number of rotatable bonds is 4. The molecule has 0 aliphatic heterocycles. The van der Waals surface area contributed by atoms with Gasteiger partial charge in [-0.25, -0.2) is 0 Å². The van der Waals surface area contributed by atoms with Crippen molar-refractivity contribution in [2.45, 2.75) is 13.2 Å². The highest BCUT2D eigenvalue weighted by Crippen LogP contribution is 2.24. The molecule has 0 fully saturated rings. The Labute approximate surface area is 121 Å². The van der Waals surface area contributed by atoms with Gasteiger partial charge in [-0.2, -0.15) is 0 Å². The molecule has 19 heavy (non-hydrogen) atoms. The molecule has 0 aliphatic rings. The molecule has 0 saturated carbocycles. The Morgan fingerprint density at radius 1 is 0.789 bits per heavy atom. The van der Waals surface area contributed by atoms with E-state index in [0.717, 1.165) is 11.1 Å². The summed E-state index contributed by atoms with van der Waals surface area (Å²) in [5.74, 6) is 0.241. The maximum Gasteiger partial charge on any atom is 0.117 e. The van der Waals surface area contributed by atoms with E-state index in [1.807, 2.05) is 0 Å². The predicted octanol–water partition coefficient (Wildman–Crippen LogP) is 4.12. The summed E-state index contributed by atoms with van der Waals surface area (Å²) in [5.41, 5.74) is 1.57. The molecule has 2 N–H and O–H groups in total. The van der Waals surface area contributed by atoms with E-state index in [4.69, 9.17) is 27.9 Å². The highest BCUT2D eigenvalue weighted by Gasteiger charge is 2.04. The summed E-state index contributed by atoms with van der Waals surface area (Å²) >= 11 is 11.9. The van der Waals surface area contributed by atoms with Gasteiger partial charge >= 0.3 is 0 Å². The van der Waals surface area contributed by atoms with E-state index in [9.17, 15) is 10.2 Å². The quantitative estimate of drug-likeness (QED) is 0.892.